The maximum absolute atomic E-state index is 5.61. The van der Waals surface area contributed by atoms with Crippen LogP contribution >= 0.6 is 0 Å². The Bertz CT molecular complexity index is 453. The molecule has 3 heteroatoms. The van der Waals surface area contributed by atoms with Crippen LogP contribution in [0.4, 0.5) is 0 Å². The first-order chi connectivity index (χ1) is 8.29. The molecule has 17 heavy (non-hydrogen) atoms. The molecule has 2 N–H and O–H groups in total. The molecule has 0 radical (unpaired) electrons. The van der Waals surface area contributed by atoms with Crippen molar-refractivity contribution in [3.63, 3.8) is 0 Å². The van der Waals surface area contributed by atoms with E-state index in [1.165, 1.54) is 0 Å². The van der Waals surface area contributed by atoms with Crippen LogP contribution in [0.3, 0.4) is 0 Å². The van der Waals surface area contributed by atoms with Crippen molar-refractivity contribution < 1.29 is 4.74 Å². The van der Waals surface area contributed by atoms with E-state index in [0.717, 1.165) is 17.0 Å². The van der Waals surface area contributed by atoms with Gasteiger partial charge in [-0.2, -0.15) is 0 Å². The van der Waals surface area contributed by atoms with Gasteiger partial charge < -0.3 is 10.5 Å². The van der Waals surface area contributed by atoms with Gasteiger partial charge in [-0.1, -0.05) is 6.07 Å². The normalized spacial score (nSPS) is 12.1. The molecule has 1 aromatic carbocycles. The average molecular weight is 228 g/mol. The first-order valence-corrected chi connectivity index (χ1v) is 5.68. The smallest absolute Gasteiger partial charge is 0.119 e. The Hall–Kier alpha value is -1.87. The van der Waals surface area contributed by atoms with Crippen molar-refractivity contribution in [2.75, 3.05) is 6.54 Å². The van der Waals surface area contributed by atoms with E-state index >= 15 is 0 Å². The van der Waals surface area contributed by atoms with Crippen LogP contribution in [-0.4, -0.2) is 17.6 Å². The van der Waals surface area contributed by atoms with Crippen molar-refractivity contribution in [2.45, 2.75) is 13.0 Å². The van der Waals surface area contributed by atoms with Gasteiger partial charge in [0.25, 0.3) is 0 Å². The molecule has 0 bridgehead atoms. The van der Waals surface area contributed by atoms with E-state index in [1.807, 2.05) is 49.4 Å². The predicted octanol–water partition coefficient (Wildman–Crippen LogP) is 2.47. The second-order valence-corrected chi connectivity index (χ2v) is 3.90. The number of nitrogens with two attached hydrogens (primary N) is 1. The van der Waals surface area contributed by atoms with E-state index in [2.05, 4.69) is 4.98 Å². The van der Waals surface area contributed by atoms with Crippen LogP contribution in [0.1, 0.15) is 6.92 Å². The summed E-state index contributed by atoms with van der Waals surface area (Å²) in [4.78, 5) is 4.29. The molecule has 0 saturated heterocycles. The Kier molecular flexibility index (Phi) is 3.73. The van der Waals surface area contributed by atoms with E-state index < -0.39 is 0 Å². The molecule has 0 aliphatic heterocycles. The number of pyridine rings is 1. The summed E-state index contributed by atoms with van der Waals surface area (Å²) in [5.74, 6) is 0.836. The van der Waals surface area contributed by atoms with Crippen LogP contribution in [0.5, 0.6) is 5.75 Å². The second kappa shape index (κ2) is 5.46. The molecule has 1 atom stereocenters. The molecular formula is C14H16N2O. The molecule has 3 nitrogen and oxygen atoms in total. The van der Waals surface area contributed by atoms with Crippen LogP contribution in [0.15, 0.2) is 48.7 Å². The monoisotopic (exact) mass is 228 g/mol. The quantitative estimate of drug-likeness (QED) is 0.874. The van der Waals surface area contributed by atoms with E-state index in [4.69, 9.17) is 10.5 Å². The highest BCUT2D eigenvalue weighted by atomic mass is 16.5. The van der Waals surface area contributed by atoms with Gasteiger partial charge in [0.1, 0.15) is 11.9 Å². The number of benzene rings is 1. The van der Waals surface area contributed by atoms with Gasteiger partial charge in [0.05, 0.1) is 5.69 Å². The maximum Gasteiger partial charge on any atom is 0.119 e. The van der Waals surface area contributed by atoms with Gasteiger partial charge in [-0.15, -0.1) is 0 Å². The van der Waals surface area contributed by atoms with Crippen LogP contribution in [0.25, 0.3) is 11.3 Å². The second-order valence-electron chi connectivity index (χ2n) is 3.90. The van der Waals surface area contributed by atoms with Crippen molar-refractivity contribution in [2.24, 2.45) is 5.73 Å². The Morgan fingerprint density at radius 3 is 2.53 bits per heavy atom. The average Bonchev–Trinajstić information content (AvgIpc) is 2.40. The molecule has 1 aromatic heterocycles. The number of nitrogens with zero attached hydrogens (tertiary/aromatic N) is 1. The molecule has 1 heterocycles. The lowest BCUT2D eigenvalue weighted by atomic mass is 10.1. The van der Waals surface area contributed by atoms with Gasteiger partial charge in [-0.3, -0.25) is 4.98 Å². The zero-order valence-corrected chi connectivity index (χ0v) is 9.84. The van der Waals surface area contributed by atoms with Crippen LogP contribution < -0.4 is 10.5 Å². The highest BCUT2D eigenvalue weighted by molar-refractivity contribution is 5.59. The minimum Gasteiger partial charge on any atom is -0.489 e. The van der Waals surface area contributed by atoms with Gasteiger partial charge in [0.2, 0.25) is 0 Å². The lowest BCUT2D eigenvalue weighted by molar-refractivity contribution is 0.230. The molecule has 0 saturated carbocycles. The summed E-state index contributed by atoms with van der Waals surface area (Å²) in [6.07, 6.45) is 1.83. The molecule has 1 unspecified atom stereocenters. The Labute approximate surface area is 101 Å². The van der Waals surface area contributed by atoms with E-state index in [1.54, 1.807) is 6.20 Å². The zero-order valence-electron chi connectivity index (χ0n) is 9.84. The number of hydrogen-bond acceptors (Lipinski definition) is 3. The van der Waals surface area contributed by atoms with Gasteiger partial charge >= 0.3 is 0 Å². The Balaban J connectivity index is 2.13. The number of rotatable bonds is 4. The van der Waals surface area contributed by atoms with Crippen molar-refractivity contribution in [3.05, 3.63) is 48.7 Å². The molecular weight excluding hydrogens is 212 g/mol. The molecule has 0 aliphatic carbocycles. The van der Waals surface area contributed by atoms with E-state index in [9.17, 15) is 0 Å². The summed E-state index contributed by atoms with van der Waals surface area (Å²) < 4.78 is 5.61. The Morgan fingerprint density at radius 1 is 1.18 bits per heavy atom. The number of aromatic nitrogens is 1. The molecule has 0 fully saturated rings. The first-order valence-electron chi connectivity index (χ1n) is 5.68. The van der Waals surface area contributed by atoms with Crippen molar-refractivity contribution in [1.82, 2.24) is 4.98 Å². The molecule has 2 rings (SSSR count). The van der Waals surface area contributed by atoms with Gasteiger partial charge in [0.15, 0.2) is 0 Å². The third kappa shape index (κ3) is 3.04. The molecule has 88 valence electrons. The summed E-state index contributed by atoms with van der Waals surface area (Å²) in [6.45, 7) is 2.47. The third-order valence-corrected chi connectivity index (χ3v) is 2.48. The highest BCUT2D eigenvalue weighted by Crippen LogP contribution is 2.20. The summed E-state index contributed by atoms with van der Waals surface area (Å²) in [6, 6.07) is 13.7. The predicted molar refractivity (Wildman–Crippen MR) is 68.8 cm³/mol. The summed E-state index contributed by atoms with van der Waals surface area (Å²) in [5.41, 5.74) is 7.55. The number of ether oxygens (including phenoxy) is 1. The van der Waals surface area contributed by atoms with E-state index in [0.29, 0.717) is 6.54 Å². The molecule has 2 aromatic rings. The van der Waals surface area contributed by atoms with Gasteiger partial charge in [0, 0.05) is 18.3 Å². The van der Waals surface area contributed by atoms with Crippen LogP contribution in [0, 0.1) is 0 Å². The summed E-state index contributed by atoms with van der Waals surface area (Å²) in [7, 11) is 0. The minimum absolute atomic E-state index is 0.0377. The number of hydrogen-bond donors (Lipinski definition) is 1. The van der Waals surface area contributed by atoms with Crippen LogP contribution in [-0.2, 0) is 0 Å². The molecule has 0 spiro atoms. The van der Waals surface area contributed by atoms with Crippen molar-refractivity contribution >= 4 is 0 Å². The van der Waals surface area contributed by atoms with E-state index in [-0.39, 0.29) is 6.10 Å². The molecule has 0 amide bonds. The van der Waals surface area contributed by atoms with Crippen molar-refractivity contribution in [3.8, 4) is 17.0 Å². The van der Waals surface area contributed by atoms with Gasteiger partial charge in [-0.25, -0.2) is 0 Å². The standard InChI is InChI=1S/C14H16N2O/c1-11(10-15)17-13-7-5-12(6-8-13)14-4-2-3-9-16-14/h2-9,11H,10,15H2,1H3. The fourth-order valence-electron chi connectivity index (χ4n) is 1.52. The maximum atomic E-state index is 5.61. The fourth-order valence-corrected chi connectivity index (χ4v) is 1.52. The lowest BCUT2D eigenvalue weighted by Gasteiger charge is -2.12. The fraction of sp³-hybridized carbons (Fsp3) is 0.214. The van der Waals surface area contributed by atoms with Crippen molar-refractivity contribution in [1.29, 1.82) is 0 Å². The van der Waals surface area contributed by atoms with Gasteiger partial charge in [-0.05, 0) is 43.3 Å². The molecule has 0 aliphatic rings. The van der Waals surface area contributed by atoms with Crippen LogP contribution in [0.2, 0.25) is 0 Å². The summed E-state index contributed by atoms with van der Waals surface area (Å²) >= 11 is 0. The third-order valence-electron chi connectivity index (χ3n) is 2.48. The first kappa shape index (κ1) is 11.6. The topological polar surface area (TPSA) is 48.1 Å². The highest BCUT2D eigenvalue weighted by Gasteiger charge is 2.02. The summed E-state index contributed by atoms with van der Waals surface area (Å²) in [5, 5.41) is 0. The Morgan fingerprint density at radius 2 is 1.94 bits per heavy atom. The minimum atomic E-state index is 0.0377. The zero-order chi connectivity index (χ0) is 12.1. The largest absolute Gasteiger partial charge is 0.489 e. The lowest BCUT2D eigenvalue weighted by Crippen LogP contribution is -2.22. The SMILES string of the molecule is CC(CN)Oc1ccc(-c2ccccn2)cc1.